The summed E-state index contributed by atoms with van der Waals surface area (Å²) < 4.78 is 5.13. The Bertz CT molecular complexity index is 777. The van der Waals surface area contributed by atoms with Crippen molar-refractivity contribution < 1.29 is 19.1 Å². The molecule has 2 aromatic carbocycles. The van der Waals surface area contributed by atoms with Gasteiger partial charge in [-0.1, -0.05) is 30.3 Å². The number of amides is 3. The van der Waals surface area contributed by atoms with E-state index in [0.29, 0.717) is 11.3 Å². The van der Waals surface area contributed by atoms with Gasteiger partial charge in [0.2, 0.25) is 11.8 Å². The third-order valence-corrected chi connectivity index (χ3v) is 3.70. The lowest BCUT2D eigenvalue weighted by Gasteiger charge is -2.16. The topological polar surface area (TPSA) is 111 Å². The summed E-state index contributed by atoms with van der Waals surface area (Å²) >= 11 is 0. The van der Waals surface area contributed by atoms with E-state index in [4.69, 9.17) is 10.5 Å². The summed E-state index contributed by atoms with van der Waals surface area (Å²) in [4.78, 5) is 35.6. The lowest BCUT2D eigenvalue weighted by molar-refractivity contribution is -0.126. The van der Waals surface area contributed by atoms with Crippen LogP contribution >= 0.6 is 0 Å². The largest absolute Gasteiger partial charge is 0.497 e. The molecular formula is C19H21N3O4. The van der Waals surface area contributed by atoms with Crippen LogP contribution in [0.5, 0.6) is 5.75 Å². The normalized spacial score (nSPS) is 11.3. The van der Waals surface area contributed by atoms with Crippen LogP contribution in [0.4, 0.5) is 0 Å². The van der Waals surface area contributed by atoms with E-state index >= 15 is 0 Å². The molecule has 2 aromatic rings. The average molecular weight is 355 g/mol. The lowest BCUT2D eigenvalue weighted by Crippen LogP contribution is -2.49. The molecule has 0 aliphatic carbocycles. The standard InChI is InChI=1S/C19H21N3O4/c1-26-15-9-5-6-13(10-15)11-16(18(20)24)22-17(23)12-21-19(25)14-7-3-2-4-8-14/h2-10,16H,11-12H2,1H3,(H2,20,24)(H,21,25)(H,22,23)/t16-/m0/s1. The minimum absolute atomic E-state index is 0.227. The number of nitrogens with one attached hydrogen (secondary N) is 2. The van der Waals surface area contributed by atoms with E-state index in [1.165, 1.54) is 0 Å². The molecule has 2 rings (SSSR count). The van der Waals surface area contributed by atoms with E-state index in [9.17, 15) is 14.4 Å². The summed E-state index contributed by atoms with van der Waals surface area (Å²) in [7, 11) is 1.54. The molecule has 0 aliphatic rings. The molecule has 0 saturated carbocycles. The fourth-order valence-electron chi connectivity index (χ4n) is 2.36. The van der Waals surface area contributed by atoms with Crippen LogP contribution in [0.3, 0.4) is 0 Å². The second-order valence-electron chi connectivity index (χ2n) is 5.63. The molecule has 0 heterocycles. The van der Waals surface area contributed by atoms with E-state index in [1.54, 1.807) is 55.6 Å². The molecule has 0 radical (unpaired) electrons. The zero-order valence-corrected chi connectivity index (χ0v) is 14.4. The maximum atomic E-state index is 12.0. The van der Waals surface area contributed by atoms with Gasteiger partial charge in [0.05, 0.1) is 13.7 Å². The Morgan fingerprint density at radius 1 is 1.08 bits per heavy atom. The van der Waals surface area contributed by atoms with Gasteiger partial charge < -0.3 is 21.1 Å². The zero-order chi connectivity index (χ0) is 18.9. The first kappa shape index (κ1) is 19.0. The Labute approximate surface area is 151 Å². The number of carbonyl (C=O) groups is 3. The van der Waals surface area contributed by atoms with Crippen molar-refractivity contribution in [3.8, 4) is 5.75 Å². The number of hydrogen-bond donors (Lipinski definition) is 3. The number of ether oxygens (including phenoxy) is 1. The summed E-state index contributed by atoms with van der Waals surface area (Å²) in [5, 5.41) is 5.04. The predicted molar refractivity (Wildman–Crippen MR) is 96.6 cm³/mol. The minimum Gasteiger partial charge on any atom is -0.497 e. The van der Waals surface area contributed by atoms with Crippen molar-refractivity contribution in [3.05, 3.63) is 65.7 Å². The van der Waals surface area contributed by atoms with Gasteiger partial charge in [0.25, 0.3) is 5.91 Å². The molecule has 136 valence electrons. The number of rotatable bonds is 8. The summed E-state index contributed by atoms with van der Waals surface area (Å²) in [6.07, 6.45) is 0.227. The Hall–Kier alpha value is -3.35. The van der Waals surface area contributed by atoms with Gasteiger partial charge in [-0.05, 0) is 29.8 Å². The van der Waals surface area contributed by atoms with E-state index in [2.05, 4.69) is 10.6 Å². The van der Waals surface area contributed by atoms with Crippen molar-refractivity contribution in [1.29, 1.82) is 0 Å². The van der Waals surface area contributed by atoms with Crippen molar-refractivity contribution in [2.75, 3.05) is 13.7 Å². The molecular weight excluding hydrogens is 334 g/mol. The second kappa shape index (κ2) is 9.22. The highest BCUT2D eigenvalue weighted by Crippen LogP contribution is 2.14. The van der Waals surface area contributed by atoms with Crippen molar-refractivity contribution in [1.82, 2.24) is 10.6 Å². The van der Waals surface area contributed by atoms with Gasteiger partial charge in [0.1, 0.15) is 11.8 Å². The van der Waals surface area contributed by atoms with Gasteiger partial charge >= 0.3 is 0 Å². The van der Waals surface area contributed by atoms with Crippen molar-refractivity contribution in [2.45, 2.75) is 12.5 Å². The Morgan fingerprint density at radius 3 is 2.46 bits per heavy atom. The molecule has 4 N–H and O–H groups in total. The van der Waals surface area contributed by atoms with E-state index < -0.39 is 17.9 Å². The smallest absolute Gasteiger partial charge is 0.251 e. The highest BCUT2D eigenvalue weighted by atomic mass is 16.5. The van der Waals surface area contributed by atoms with E-state index in [0.717, 1.165) is 5.56 Å². The fraction of sp³-hybridized carbons (Fsp3) is 0.211. The number of hydrogen-bond acceptors (Lipinski definition) is 4. The van der Waals surface area contributed by atoms with Crippen LogP contribution < -0.4 is 21.1 Å². The summed E-state index contributed by atoms with van der Waals surface area (Å²) in [6, 6.07) is 14.8. The van der Waals surface area contributed by atoms with Crippen LogP contribution in [0.2, 0.25) is 0 Å². The van der Waals surface area contributed by atoms with Crippen molar-refractivity contribution in [3.63, 3.8) is 0 Å². The fourth-order valence-corrected chi connectivity index (χ4v) is 2.36. The van der Waals surface area contributed by atoms with Gasteiger partial charge in [-0.25, -0.2) is 0 Å². The third kappa shape index (κ3) is 5.62. The molecule has 7 heteroatoms. The molecule has 0 bridgehead atoms. The minimum atomic E-state index is -0.886. The molecule has 0 fully saturated rings. The number of primary amides is 1. The lowest BCUT2D eigenvalue weighted by atomic mass is 10.1. The Balaban J connectivity index is 1.91. The molecule has 26 heavy (non-hydrogen) atoms. The molecule has 3 amide bonds. The Morgan fingerprint density at radius 2 is 1.81 bits per heavy atom. The van der Waals surface area contributed by atoms with Crippen molar-refractivity contribution >= 4 is 17.7 Å². The van der Waals surface area contributed by atoms with Crippen LogP contribution in [-0.4, -0.2) is 37.4 Å². The number of carbonyl (C=O) groups excluding carboxylic acids is 3. The first-order valence-corrected chi connectivity index (χ1v) is 8.04. The van der Waals surface area contributed by atoms with Gasteiger partial charge in [-0.15, -0.1) is 0 Å². The molecule has 0 aliphatic heterocycles. The first-order chi connectivity index (χ1) is 12.5. The van der Waals surface area contributed by atoms with E-state index in [-0.39, 0.29) is 18.9 Å². The maximum absolute atomic E-state index is 12.0. The molecule has 0 unspecified atom stereocenters. The molecule has 1 atom stereocenters. The summed E-state index contributed by atoms with van der Waals surface area (Å²) in [6.45, 7) is -0.254. The number of benzene rings is 2. The van der Waals surface area contributed by atoms with Crippen molar-refractivity contribution in [2.24, 2.45) is 5.73 Å². The van der Waals surface area contributed by atoms with Crippen LogP contribution in [-0.2, 0) is 16.0 Å². The Kier molecular flexibility index (Phi) is 6.73. The van der Waals surface area contributed by atoms with E-state index in [1.807, 2.05) is 6.07 Å². The predicted octanol–water partition coefficient (Wildman–Crippen LogP) is 0.638. The monoisotopic (exact) mass is 355 g/mol. The highest BCUT2D eigenvalue weighted by Gasteiger charge is 2.19. The number of nitrogens with two attached hydrogens (primary N) is 1. The van der Waals surface area contributed by atoms with Gasteiger partial charge in [-0.2, -0.15) is 0 Å². The van der Waals surface area contributed by atoms with Gasteiger partial charge in [0, 0.05) is 12.0 Å². The SMILES string of the molecule is COc1cccc(C[C@H](NC(=O)CNC(=O)c2ccccc2)C(N)=O)c1. The second-order valence-corrected chi connectivity index (χ2v) is 5.63. The first-order valence-electron chi connectivity index (χ1n) is 8.04. The van der Waals surface area contributed by atoms with Crippen LogP contribution in [0.25, 0.3) is 0 Å². The molecule has 7 nitrogen and oxygen atoms in total. The highest BCUT2D eigenvalue weighted by molar-refractivity contribution is 5.97. The van der Waals surface area contributed by atoms with Gasteiger partial charge in [0.15, 0.2) is 0 Å². The molecule has 0 spiro atoms. The van der Waals surface area contributed by atoms with Crippen LogP contribution in [0.15, 0.2) is 54.6 Å². The van der Waals surface area contributed by atoms with Crippen LogP contribution in [0.1, 0.15) is 15.9 Å². The molecule has 0 saturated heterocycles. The van der Waals surface area contributed by atoms with Gasteiger partial charge in [-0.3, -0.25) is 14.4 Å². The zero-order valence-electron chi connectivity index (χ0n) is 14.4. The molecule has 0 aromatic heterocycles. The number of methoxy groups -OCH3 is 1. The summed E-state index contributed by atoms with van der Waals surface area (Å²) in [5.74, 6) is -0.882. The average Bonchev–Trinajstić information content (AvgIpc) is 2.66. The van der Waals surface area contributed by atoms with Crippen LogP contribution in [0, 0.1) is 0 Å². The maximum Gasteiger partial charge on any atom is 0.251 e. The third-order valence-electron chi connectivity index (χ3n) is 3.70. The quantitative estimate of drug-likeness (QED) is 0.645. The summed E-state index contributed by atoms with van der Waals surface area (Å²) in [5.41, 5.74) is 6.62.